The zero-order chi connectivity index (χ0) is 18.8. The lowest BCUT2D eigenvalue weighted by Gasteiger charge is -2.41. The Kier molecular flexibility index (Phi) is 5.27. The molecule has 1 saturated carbocycles. The number of fused-ring (bicyclic) bond motifs is 1. The number of amides is 1. The molecular formula is C21H27N3O3. The number of rotatable bonds is 3. The number of carbonyl (C=O) groups is 1. The van der Waals surface area contributed by atoms with Crippen LogP contribution in [0.3, 0.4) is 0 Å². The Morgan fingerprint density at radius 1 is 1.11 bits per heavy atom. The minimum absolute atomic E-state index is 0.0698. The van der Waals surface area contributed by atoms with E-state index in [-0.39, 0.29) is 35.1 Å². The second kappa shape index (κ2) is 7.82. The van der Waals surface area contributed by atoms with Crippen LogP contribution in [0.15, 0.2) is 35.3 Å². The molecule has 0 spiro atoms. The summed E-state index contributed by atoms with van der Waals surface area (Å²) in [5.74, 6) is -0.307. The van der Waals surface area contributed by atoms with E-state index in [2.05, 4.69) is 15.2 Å². The van der Waals surface area contributed by atoms with Crippen LogP contribution < -0.4 is 10.7 Å². The minimum Gasteiger partial charge on any atom is -0.391 e. The molecule has 2 fully saturated rings. The average Bonchev–Trinajstić information content (AvgIpc) is 2.69. The largest absolute Gasteiger partial charge is 0.391 e. The quantitative estimate of drug-likeness (QED) is 0.773. The maximum absolute atomic E-state index is 12.6. The Morgan fingerprint density at radius 2 is 1.85 bits per heavy atom. The van der Waals surface area contributed by atoms with Gasteiger partial charge in [0, 0.05) is 42.3 Å². The van der Waals surface area contributed by atoms with Gasteiger partial charge in [0.1, 0.15) is 5.56 Å². The van der Waals surface area contributed by atoms with E-state index in [1.54, 1.807) is 12.1 Å². The standard InChI is InChI=1S/C21H27N3O3/c25-19-8-4-3-7-18(19)24-11-9-14(10-12-24)23-21(27)16-13-22-17-6-2-1-5-15(17)20(16)26/h1-2,5-6,13-14,18-19,25H,3-4,7-12H2,(H,22,26)(H,23,27). The highest BCUT2D eigenvalue weighted by molar-refractivity contribution is 5.97. The molecular weight excluding hydrogens is 342 g/mol. The summed E-state index contributed by atoms with van der Waals surface area (Å²) in [7, 11) is 0. The predicted molar refractivity (Wildman–Crippen MR) is 105 cm³/mol. The van der Waals surface area contributed by atoms with Crippen LogP contribution in [0.25, 0.3) is 10.9 Å². The second-order valence-corrected chi connectivity index (χ2v) is 7.78. The molecule has 144 valence electrons. The highest BCUT2D eigenvalue weighted by Crippen LogP contribution is 2.26. The van der Waals surface area contributed by atoms with Gasteiger partial charge in [-0.2, -0.15) is 0 Å². The molecule has 0 radical (unpaired) electrons. The van der Waals surface area contributed by atoms with Crippen LogP contribution in [0.1, 0.15) is 48.9 Å². The molecule has 2 atom stereocenters. The Morgan fingerprint density at radius 3 is 2.63 bits per heavy atom. The van der Waals surface area contributed by atoms with Gasteiger partial charge in [-0.25, -0.2) is 0 Å². The molecule has 6 heteroatoms. The Labute approximate surface area is 158 Å². The van der Waals surface area contributed by atoms with E-state index in [0.29, 0.717) is 5.39 Å². The normalized spacial score (nSPS) is 24.8. The van der Waals surface area contributed by atoms with E-state index >= 15 is 0 Å². The molecule has 1 aliphatic heterocycles. The smallest absolute Gasteiger partial charge is 0.256 e. The SMILES string of the molecule is O=C(NC1CCN(C2CCCCC2O)CC1)c1c[nH]c2ccccc2c1=O. The van der Waals surface area contributed by atoms with Gasteiger partial charge < -0.3 is 15.4 Å². The molecule has 1 amide bonds. The molecule has 1 aliphatic carbocycles. The first-order valence-corrected chi connectivity index (χ1v) is 9.97. The number of H-pyrrole nitrogens is 1. The molecule has 2 heterocycles. The maximum atomic E-state index is 12.6. The predicted octanol–water partition coefficient (Wildman–Crippen LogP) is 2.03. The summed E-state index contributed by atoms with van der Waals surface area (Å²) in [6.45, 7) is 1.75. The van der Waals surface area contributed by atoms with Crippen LogP contribution in [-0.2, 0) is 0 Å². The lowest BCUT2D eigenvalue weighted by atomic mass is 9.89. The third kappa shape index (κ3) is 3.77. The fourth-order valence-electron chi connectivity index (χ4n) is 4.49. The number of aromatic nitrogens is 1. The lowest BCUT2D eigenvalue weighted by Crippen LogP contribution is -2.52. The van der Waals surface area contributed by atoms with E-state index in [1.807, 2.05) is 12.1 Å². The first kappa shape index (κ1) is 18.2. The molecule has 2 aromatic rings. The lowest BCUT2D eigenvalue weighted by molar-refractivity contribution is 0.00727. The van der Waals surface area contributed by atoms with Crippen molar-refractivity contribution >= 4 is 16.8 Å². The third-order valence-corrected chi connectivity index (χ3v) is 6.06. The fraction of sp³-hybridized carbons (Fsp3) is 0.524. The first-order chi connectivity index (χ1) is 13.1. The number of pyridine rings is 1. The van der Waals surface area contributed by atoms with Crippen molar-refractivity contribution in [3.05, 3.63) is 46.2 Å². The number of hydrogen-bond donors (Lipinski definition) is 3. The number of para-hydroxylation sites is 1. The summed E-state index contributed by atoms with van der Waals surface area (Å²) in [6.07, 6.45) is 7.24. The van der Waals surface area contributed by atoms with Gasteiger partial charge in [0.05, 0.1) is 6.10 Å². The van der Waals surface area contributed by atoms with Gasteiger partial charge in [-0.3, -0.25) is 14.5 Å². The second-order valence-electron chi connectivity index (χ2n) is 7.78. The molecule has 1 saturated heterocycles. The number of hydrogen-bond acceptors (Lipinski definition) is 4. The number of likely N-dealkylation sites (tertiary alicyclic amines) is 1. The summed E-state index contributed by atoms with van der Waals surface area (Å²) in [5, 5.41) is 13.8. The number of nitrogens with one attached hydrogen (secondary N) is 2. The summed E-state index contributed by atoms with van der Waals surface area (Å²) in [5.41, 5.74) is 0.668. The van der Waals surface area contributed by atoms with E-state index in [9.17, 15) is 14.7 Å². The van der Waals surface area contributed by atoms with Gasteiger partial charge in [0.25, 0.3) is 5.91 Å². The monoisotopic (exact) mass is 369 g/mol. The molecule has 0 bridgehead atoms. The number of aliphatic hydroxyl groups excluding tert-OH is 1. The van der Waals surface area contributed by atoms with Crippen molar-refractivity contribution in [2.45, 2.75) is 56.7 Å². The van der Waals surface area contributed by atoms with Crippen LogP contribution in [0, 0.1) is 0 Å². The fourth-order valence-corrected chi connectivity index (χ4v) is 4.49. The molecule has 4 rings (SSSR count). The highest BCUT2D eigenvalue weighted by atomic mass is 16.3. The highest BCUT2D eigenvalue weighted by Gasteiger charge is 2.32. The summed E-state index contributed by atoms with van der Waals surface area (Å²) >= 11 is 0. The zero-order valence-electron chi connectivity index (χ0n) is 15.5. The van der Waals surface area contributed by atoms with Gasteiger partial charge in [0.15, 0.2) is 0 Å². The number of benzene rings is 1. The number of aromatic amines is 1. The average molecular weight is 369 g/mol. The Hall–Kier alpha value is -2.18. The topological polar surface area (TPSA) is 85.4 Å². The van der Waals surface area contributed by atoms with Crippen molar-refractivity contribution in [1.29, 1.82) is 0 Å². The molecule has 1 aromatic carbocycles. The van der Waals surface area contributed by atoms with Gasteiger partial charge in [-0.1, -0.05) is 25.0 Å². The van der Waals surface area contributed by atoms with Crippen LogP contribution in [0.2, 0.25) is 0 Å². The number of piperidine rings is 1. The summed E-state index contributed by atoms with van der Waals surface area (Å²) < 4.78 is 0. The van der Waals surface area contributed by atoms with Gasteiger partial charge in [0.2, 0.25) is 5.43 Å². The molecule has 2 aliphatic rings. The minimum atomic E-state index is -0.307. The van der Waals surface area contributed by atoms with Gasteiger partial charge in [-0.05, 0) is 37.8 Å². The Balaban J connectivity index is 1.38. The zero-order valence-corrected chi connectivity index (χ0v) is 15.5. The van der Waals surface area contributed by atoms with E-state index in [0.717, 1.165) is 50.7 Å². The van der Waals surface area contributed by atoms with Gasteiger partial charge in [-0.15, -0.1) is 0 Å². The summed E-state index contributed by atoms with van der Waals surface area (Å²) in [4.78, 5) is 30.6. The van der Waals surface area contributed by atoms with E-state index in [4.69, 9.17) is 0 Å². The van der Waals surface area contributed by atoms with Crippen molar-refractivity contribution in [2.75, 3.05) is 13.1 Å². The van der Waals surface area contributed by atoms with Crippen molar-refractivity contribution < 1.29 is 9.90 Å². The molecule has 2 unspecified atom stereocenters. The van der Waals surface area contributed by atoms with E-state index < -0.39 is 0 Å². The van der Waals surface area contributed by atoms with Crippen LogP contribution in [0.5, 0.6) is 0 Å². The van der Waals surface area contributed by atoms with Crippen LogP contribution in [0.4, 0.5) is 0 Å². The van der Waals surface area contributed by atoms with Crippen LogP contribution >= 0.6 is 0 Å². The van der Waals surface area contributed by atoms with Crippen molar-refractivity contribution in [1.82, 2.24) is 15.2 Å². The molecule has 1 aromatic heterocycles. The molecule has 27 heavy (non-hydrogen) atoms. The first-order valence-electron chi connectivity index (χ1n) is 9.97. The third-order valence-electron chi connectivity index (χ3n) is 6.06. The van der Waals surface area contributed by atoms with Crippen LogP contribution in [-0.4, -0.2) is 52.2 Å². The summed E-state index contributed by atoms with van der Waals surface area (Å²) in [6, 6.07) is 7.55. The number of carbonyl (C=O) groups excluding carboxylic acids is 1. The van der Waals surface area contributed by atoms with E-state index in [1.165, 1.54) is 12.6 Å². The van der Waals surface area contributed by atoms with Crippen molar-refractivity contribution in [3.63, 3.8) is 0 Å². The molecule has 6 nitrogen and oxygen atoms in total. The van der Waals surface area contributed by atoms with Gasteiger partial charge >= 0.3 is 0 Å². The Bertz CT molecular complexity index is 870. The number of nitrogens with zero attached hydrogens (tertiary/aromatic N) is 1. The number of aliphatic hydroxyl groups is 1. The molecule has 3 N–H and O–H groups in total. The van der Waals surface area contributed by atoms with Crippen molar-refractivity contribution in [2.24, 2.45) is 0 Å². The van der Waals surface area contributed by atoms with Crippen molar-refractivity contribution in [3.8, 4) is 0 Å². The maximum Gasteiger partial charge on any atom is 0.256 e.